The Morgan fingerprint density at radius 1 is 0.246 bits per heavy atom. The topological polar surface area (TPSA) is 78.9 Å². The van der Waals surface area contributed by atoms with Crippen molar-refractivity contribution in [1.29, 1.82) is 0 Å². The molecule has 0 aliphatic rings. The molecule has 0 rings (SSSR count). The Labute approximate surface area is 406 Å². The summed E-state index contributed by atoms with van der Waals surface area (Å²) in [5, 5.41) is 0. The summed E-state index contributed by atoms with van der Waals surface area (Å²) in [5.41, 5.74) is 0. The molecule has 0 aromatic heterocycles. The first kappa shape index (κ1) is 63.4. The Morgan fingerprint density at radius 3 is 0.615 bits per heavy atom. The average molecular weight is 920 g/mol. The zero-order valence-electron chi connectivity index (χ0n) is 44.3. The van der Waals surface area contributed by atoms with Gasteiger partial charge in [0.15, 0.2) is 6.10 Å². The maximum Gasteiger partial charge on any atom is 0.306 e. The van der Waals surface area contributed by atoms with Crippen LogP contribution < -0.4 is 0 Å². The molecule has 0 heterocycles. The lowest BCUT2D eigenvalue weighted by molar-refractivity contribution is -0.167. The summed E-state index contributed by atoms with van der Waals surface area (Å²) in [6, 6.07) is 0. The van der Waals surface area contributed by atoms with Crippen LogP contribution in [-0.2, 0) is 28.6 Å². The van der Waals surface area contributed by atoms with Gasteiger partial charge in [0.25, 0.3) is 0 Å². The number of hydrogen-bond acceptors (Lipinski definition) is 6. The second kappa shape index (κ2) is 55.0. The zero-order chi connectivity index (χ0) is 47.2. The van der Waals surface area contributed by atoms with Gasteiger partial charge in [-0.05, 0) is 19.3 Å². The summed E-state index contributed by atoms with van der Waals surface area (Å²) in [5.74, 6) is -0.831. The second-order valence-corrected chi connectivity index (χ2v) is 20.3. The fourth-order valence-electron chi connectivity index (χ4n) is 9.15. The molecule has 0 saturated heterocycles. The van der Waals surface area contributed by atoms with Crippen molar-refractivity contribution in [2.45, 2.75) is 348 Å². The van der Waals surface area contributed by atoms with Crippen molar-refractivity contribution in [2.75, 3.05) is 13.2 Å². The smallest absolute Gasteiger partial charge is 0.306 e. The van der Waals surface area contributed by atoms with Crippen molar-refractivity contribution in [1.82, 2.24) is 0 Å². The van der Waals surface area contributed by atoms with Gasteiger partial charge in [-0.15, -0.1) is 0 Å². The second-order valence-electron chi connectivity index (χ2n) is 20.3. The molecule has 0 fully saturated rings. The highest BCUT2D eigenvalue weighted by Crippen LogP contribution is 2.18. The molecular weight excluding hydrogens is 805 g/mol. The predicted molar refractivity (Wildman–Crippen MR) is 280 cm³/mol. The summed E-state index contributed by atoms with van der Waals surface area (Å²) in [7, 11) is 0. The van der Waals surface area contributed by atoms with Crippen LogP contribution in [-0.4, -0.2) is 37.2 Å². The molecule has 0 aromatic rings. The molecule has 0 bridgehead atoms. The lowest BCUT2D eigenvalue weighted by atomic mass is 10.0. The molecule has 6 nitrogen and oxygen atoms in total. The number of carbonyl (C=O) groups is 3. The minimum atomic E-state index is -0.761. The van der Waals surface area contributed by atoms with Gasteiger partial charge in [0.05, 0.1) is 0 Å². The van der Waals surface area contributed by atoms with Gasteiger partial charge < -0.3 is 14.2 Å². The highest BCUT2D eigenvalue weighted by atomic mass is 16.6. The quantitative estimate of drug-likeness (QED) is 0.0344. The van der Waals surface area contributed by atoms with E-state index in [1.807, 2.05) is 0 Å². The molecule has 0 spiro atoms. The SMILES string of the molecule is CCCCCCCCCCCCCCCCCCCCC(=O)OCC(COC(=O)CCCCCCCCCCCCCC)OC(=O)CCCCCCCCCCCCCCCCCCC. The Balaban J connectivity index is 4.26. The monoisotopic (exact) mass is 919 g/mol. The number of ether oxygens (including phenoxy) is 3. The third-order valence-corrected chi connectivity index (χ3v) is 13.6. The van der Waals surface area contributed by atoms with E-state index in [0.717, 1.165) is 57.8 Å². The van der Waals surface area contributed by atoms with Crippen molar-refractivity contribution in [3.63, 3.8) is 0 Å². The summed E-state index contributed by atoms with van der Waals surface area (Å²) in [6.07, 6.45) is 60.9. The van der Waals surface area contributed by atoms with Crippen molar-refractivity contribution in [2.24, 2.45) is 0 Å². The van der Waals surface area contributed by atoms with Gasteiger partial charge in [0.2, 0.25) is 0 Å². The van der Waals surface area contributed by atoms with E-state index in [4.69, 9.17) is 14.2 Å². The summed E-state index contributed by atoms with van der Waals surface area (Å²) in [4.78, 5) is 38.1. The molecule has 1 atom stereocenters. The molecule has 0 radical (unpaired) electrons. The lowest BCUT2D eigenvalue weighted by Gasteiger charge is -2.18. The van der Waals surface area contributed by atoms with E-state index in [1.165, 1.54) is 244 Å². The molecule has 0 N–H and O–H groups in total. The summed E-state index contributed by atoms with van der Waals surface area (Å²) >= 11 is 0. The van der Waals surface area contributed by atoms with Gasteiger partial charge in [-0.2, -0.15) is 0 Å². The molecule has 386 valence electrons. The largest absolute Gasteiger partial charge is 0.462 e. The van der Waals surface area contributed by atoms with Crippen LogP contribution in [0.4, 0.5) is 0 Å². The molecular formula is C59H114O6. The number of hydrogen-bond donors (Lipinski definition) is 0. The number of rotatable bonds is 55. The van der Waals surface area contributed by atoms with Crippen LogP contribution in [0.5, 0.6) is 0 Å². The maximum absolute atomic E-state index is 12.9. The van der Waals surface area contributed by atoms with Crippen LogP contribution in [0.1, 0.15) is 342 Å². The van der Waals surface area contributed by atoms with Crippen LogP contribution in [0, 0.1) is 0 Å². The van der Waals surface area contributed by atoms with E-state index in [9.17, 15) is 14.4 Å². The van der Waals surface area contributed by atoms with Gasteiger partial charge in [-0.1, -0.05) is 303 Å². The van der Waals surface area contributed by atoms with Crippen molar-refractivity contribution >= 4 is 17.9 Å². The predicted octanol–water partition coefficient (Wildman–Crippen LogP) is 19.5. The molecule has 0 saturated carbocycles. The minimum Gasteiger partial charge on any atom is -0.462 e. The standard InChI is InChI=1S/C59H114O6/c1-4-7-10-13-16-19-22-25-27-29-31-32-34-37-40-43-46-49-52-58(61)64-55-56(54-63-57(60)51-48-45-42-39-36-24-21-18-15-12-9-6-3)65-59(62)53-50-47-44-41-38-35-33-30-28-26-23-20-17-14-11-8-5-2/h56H,4-55H2,1-3H3. The first-order chi connectivity index (χ1) is 32.0. The normalized spacial score (nSPS) is 11.9. The van der Waals surface area contributed by atoms with E-state index < -0.39 is 6.10 Å². The molecule has 0 aliphatic carbocycles. The van der Waals surface area contributed by atoms with Crippen molar-refractivity contribution < 1.29 is 28.6 Å². The summed E-state index contributed by atoms with van der Waals surface area (Å²) in [6.45, 7) is 6.71. The maximum atomic E-state index is 12.9. The van der Waals surface area contributed by atoms with Gasteiger partial charge in [0.1, 0.15) is 13.2 Å². The molecule has 0 aliphatic heterocycles. The Hall–Kier alpha value is -1.59. The number of carbonyl (C=O) groups excluding carboxylic acids is 3. The lowest BCUT2D eigenvalue weighted by Crippen LogP contribution is -2.30. The molecule has 0 aromatic carbocycles. The van der Waals surface area contributed by atoms with Gasteiger partial charge in [-0.3, -0.25) is 14.4 Å². The van der Waals surface area contributed by atoms with E-state index >= 15 is 0 Å². The van der Waals surface area contributed by atoms with Gasteiger partial charge in [0, 0.05) is 19.3 Å². The van der Waals surface area contributed by atoms with Crippen molar-refractivity contribution in [3.8, 4) is 0 Å². The highest BCUT2D eigenvalue weighted by molar-refractivity contribution is 5.71. The van der Waals surface area contributed by atoms with Crippen LogP contribution in [0.3, 0.4) is 0 Å². The fraction of sp³-hybridized carbons (Fsp3) is 0.949. The minimum absolute atomic E-state index is 0.0610. The highest BCUT2D eigenvalue weighted by Gasteiger charge is 2.19. The van der Waals surface area contributed by atoms with E-state index in [-0.39, 0.29) is 31.1 Å². The Kier molecular flexibility index (Phi) is 53.7. The first-order valence-electron chi connectivity index (χ1n) is 29.5. The van der Waals surface area contributed by atoms with E-state index in [1.54, 1.807) is 0 Å². The fourth-order valence-corrected chi connectivity index (χ4v) is 9.15. The first-order valence-corrected chi connectivity index (χ1v) is 29.5. The van der Waals surface area contributed by atoms with Gasteiger partial charge in [-0.25, -0.2) is 0 Å². The molecule has 6 heteroatoms. The van der Waals surface area contributed by atoms with Crippen LogP contribution in [0.2, 0.25) is 0 Å². The summed E-state index contributed by atoms with van der Waals surface area (Å²) < 4.78 is 16.9. The number of unbranched alkanes of at least 4 members (excludes halogenated alkanes) is 44. The zero-order valence-corrected chi connectivity index (χ0v) is 44.3. The van der Waals surface area contributed by atoms with Crippen LogP contribution >= 0.6 is 0 Å². The Bertz CT molecular complexity index is 967. The molecule has 65 heavy (non-hydrogen) atoms. The van der Waals surface area contributed by atoms with Crippen LogP contribution in [0.25, 0.3) is 0 Å². The van der Waals surface area contributed by atoms with Crippen molar-refractivity contribution in [3.05, 3.63) is 0 Å². The van der Waals surface area contributed by atoms with Crippen LogP contribution in [0.15, 0.2) is 0 Å². The van der Waals surface area contributed by atoms with E-state index in [2.05, 4.69) is 20.8 Å². The van der Waals surface area contributed by atoms with Gasteiger partial charge >= 0.3 is 17.9 Å². The van der Waals surface area contributed by atoms with E-state index in [0.29, 0.717) is 19.3 Å². The third-order valence-electron chi connectivity index (χ3n) is 13.6. The molecule has 1 unspecified atom stereocenters. The molecule has 0 amide bonds. The number of esters is 3. The average Bonchev–Trinajstić information content (AvgIpc) is 3.30. The third kappa shape index (κ3) is 53.2. The Morgan fingerprint density at radius 2 is 0.415 bits per heavy atom.